The summed E-state index contributed by atoms with van der Waals surface area (Å²) in [7, 11) is 1.68. The number of piperazine rings is 1. The Morgan fingerprint density at radius 2 is 2.00 bits per heavy atom. The van der Waals surface area contributed by atoms with Crippen molar-refractivity contribution in [3.8, 4) is 5.75 Å². The summed E-state index contributed by atoms with van der Waals surface area (Å²) in [6.07, 6.45) is 0. The van der Waals surface area contributed by atoms with Crippen LogP contribution in [0.2, 0.25) is 5.02 Å². The molecule has 0 aliphatic carbocycles. The first kappa shape index (κ1) is 16.1. The Bertz CT molecular complexity index is 642. The fraction of sp³-hybridized carbons (Fsp3) is 0.400. The summed E-state index contributed by atoms with van der Waals surface area (Å²) < 4.78 is 5.33. The Balaban J connectivity index is 0.00000161. The molecule has 1 fully saturated rings. The van der Waals surface area contributed by atoms with Gasteiger partial charge in [0, 0.05) is 31.6 Å². The largest absolute Gasteiger partial charge is 0.497 e. The minimum Gasteiger partial charge on any atom is -0.497 e. The second-order valence-corrected chi connectivity index (χ2v) is 5.36. The van der Waals surface area contributed by atoms with Crippen molar-refractivity contribution in [3.05, 3.63) is 28.9 Å². The number of hydrogen-bond donors (Lipinski definition) is 1. The molecule has 1 saturated heterocycles. The van der Waals surface area contributed by atoms with Gasteiger partial charge in [-0.25, -0.2) is 0 Å². The zero-order valence-corrected chi connectivity index (χ0v) is 13.7. The van der Waals surface area contributed by atoms with Crippen molar-refractivity contribution in [3.63, 3.8) is 0 Å². The van der Waals surface area contributed by atoms with E-state index in [1.54, 1.807) is 7.11 Å². The van der Waals surface area contributed by atoms with Crippen LogP contribution in [0, 0.1) is 6.92 Å². The monoisotopic (exact) mass is 327 g/mol. The van der Waals surface area contributed by atoms with Crippen LogP contribution in [0.4, 0.5) is 5.69 Å². The Kier molecular flexibility index (Phi) is 5.14. The third-order valence-corrected chi connectivity index (χ3v) is 4.16. The predicted octanol–water partition coefficient (Wildman–Crippen LogP) is 3.04. The molecular weight excluding hydrogens is 309 g/mol. The average molecular weight is 328 g/mol. The van der Waals surface area contributed by atoms with Crippen LogP contribution in [0.1, 0.15) is 5.69 Å². The van der Waals surface area contributed by atoms with Crippen molar-refractivity contribution in [1.29, 1.82) is 0 Å². The third-order valence-electron chi connectivity index (χ3n) is 3.71. The lowest BCUT2D eigenvalue weighted by molar-refractivity contribution is 0.415. The van der Waals surface area contributed by atoms with Crippen LogP contribution in [-0.4, -0.2) is 38.3 Å². The zero-order valence-electron chi connectivity index (χ0n) is 12.1. The van der Waals surface area contributed by atoms with Gasteiger partial charge in [-0.2, -0.15) is 0 Å². The van der Waals surface area contributed by atoms with Crippen molar-refractivity contribution in [2.45, 2.75) is 6.92 Å². The summed E-state index contributed by atoms with van der Waals surface area (Å²) in [5.74, 6) is 0.829. The zero-order chi connectivity index (χ0) is 14.1. The van der Waals surface area contributed by atoms with Gasteiger partial charge in [0.05, 0.1) is 29.0 Å². The summed E-state index contributed by atoms with van der Waals surface area (Å²) in [6, 6.07) is 5.94. The molecule has 2 heterocycles. The molecule has 3 rings (SSSR count). The molecule has 2 aromatic rings. The van der Waals surface area contributed by atoms with Gasteiger partial charge >= 0.3 is 0 Å². The molecule has 0 unspecified atom stereocenters. The van der Waals surface area contributed by atoms with Gasteiger partial charge < -0.3 is 15.0 Å². The SMILES string of the molecule is COc1ccc2nc(C)c(Cl)c(N3CCNCC3)c2c1.Cl. The molecule has 1 aliphatic rings. The van der Waals surface area contributed by atoms with Gasteiger partial charge in [-0.15, -0.1) is 12.4 Å². The maximum absolute atomic E-state index is 6.54. The van der Waals surface area contributed by atoms with Crippen molar-refractivity contribution in [2.75, 3.05) is 38.2 Å². The summed E-state index contributed by atoms with van der Waals surface area (Å²) in [4.78, 5) is 6.90. The van der Waals surface area contributed by atoms with Crippen LogP contribution in [0.25, 0.3) is 10.9 Å². The number of ether oxygens (including phenoxy) is 1. The highest BCUT2D eigenvalue weighted by molar-refractivity contribution is 6.35. The van der Waals surface area contributed by atoms with E-state index < -0.39 is 0 Å². The van der Waals surface area contributed by atoms with E-state index in [0.717, 1.165) is 59.2 Å². The van der Waals surface area contributed by atoms with Gasteiger partial charge in [-0.05, 0) is 25.1 Å². The predicted molar refractivity (Wildman–Crippen MR) is 90.4 cm³/mol. The summed E-state index contributed by atoms with van der Waals surface area (Å²) in [5, 5.41) is 5.16. The van der Waals surface area contributed by atoms with E-state index in [-0.39, 0.29) is 12.4 Å². The first-order valence-electron chi connectivity index (χ1n) is 6.80. The minimum absolute atomic E-state index is 0. The fourth-order valence-electron chi connectivity index (χ4n) is 2.65. The number of methoxy groups -OCH3 is 1. The Morgan fingerprint density at radius 1 is 1.29 bits per heavy atom. The number of halogens is 2. The van der Waals surface area contributed by atoms with E-state index in [4.69, 9.17) is 16.3 Å². The molecule has 1 aliphatic heterocycles. The van der Waals surface area contributed by atoms with Crippen LogP contribution >= 0.6 is 24.0 Å². The van der Waals surface area contributed by atoms with E-state index in [2.05, 4.69) is 15.2 Å². The summed E-state index contributed by atoms with van der Waals surface area (Å²) in [5.41, 5.74) is 2.91. The van der Waals surface area contributed by atoms with Crippen LogP contribution in [-0.2, 0) is 0 Å². The van der Waals surface area contributed by atoms with Crippen molar-refractivity contribution < 1.29 is 4.74 Å². The van der Waals surface area contributed by atoms with Gasteiger partial charge in [0.2, 0.25) is 0 Å². The maximum Gasteiger partial charge on any atom is 0.119 e. The van der Waals surface area contributed by atoms with E-state index in [9.17, 15) is 0 Å². The van der Waals surface area contributed by atoms with Crippen LogP contribution in [0.5, 0.6) is 5.75 Å². The maximum atomic E-state index is 6.54. The summed E-state index contributed by atoms with van der Waals surface area (Å²) >= 11 is 6.54. The van der Waals surface area contributed by atoms with Crippen LogP contribution < -0.4 is 15.0 Å². The highest BCUT2D eigenvalue weighted by atomic mass is 35.5. The number of benzene rings is 1. The van der Waals surface area contributed by atoms with E-state index in [0.29, 0.717) is 0 Å². The molecule has 21 heavy (non-hydrogen) atoms. The van der Waals surface area contributed by atoms with E-state index in [1.807, 2.05) is 25.1 Å². The molecule has 0 amide bonds. The quantitative estimate of drug-likeness (QED) is 0.919. The van der Waals surface area contributed by atoms with Gasteiger partial charge in [0.1, 0.15) is 5.75 Å². The lowest BCUT2D eigenvalue weighted by atomic mass is 10.1. The number of hydrogen-bond acceptors (Lipinski definition) is 4. The molecule has 1 aromatic heterocycles. The van der Waals surface area contributed by atoms with Crippen LogP contribution in [0.3, 0.4) is 0 Å². The number of rotatable bonds is 2. The van der Waals surface area contributed by atoms with E-state index >= 15 is 0 Å². The number of nitrogens with zero attached hydrogens (tertiary/aromatic N) is 2. The highest BCUT2D eigenvalue weighted by Crippen LogP contribution is 2.37. The molecule has 0 bridgehead atoms. The number of aryl methyl sites for hydroxylation is 1. The molecule has 114 valence electrons. The second-order valence-electron chi connectivity index (χ2n) is 4.98. The number of nitrogens with one attached hydrogen (secondary N) is 1. The van der Waals surface area contributed by atoms with Crippen molar-refractivity contribution >= 4 is 40.6 Å². The van der Waals surface area contributed by atoms with E-state index in [1.165, 1.54) is 0 Å². The van der Waals surface area contributed by atoms with Gasteiger partial charge in [-0.3, -0.25) is 4.98 Å². The smallest absolute Gasteiger partial charge is 0.119 e. The van der Waals surface area contributed by atoms with Crippen molar-refractivity contribution in [2.24, 2.45) is 0 Å². The van der Waals surface area contributed by atoms with Gasteiger partial charge in [-0.1, -0.05) is 11.6 Å². The molecule has 1 aromatic carbocycles. The minimum atomic E-state index is 0. The molecular formula is C15H19Cl2N3O. The Morgan fingerprint density at radius 3 is 2.67 bits per heavy atom. The molecule has 0 radical (unpaired) electrons. The number of aromatic nitrogens is 1. The number of pyridine rings is 1. The normalized spacial score (nSPS) is 14.9. The van der Waals surface area contributed by atoms with Crippen LogP contribution in [0.15, 0.2) is 18.2 Å². The standard InChI is InChI=1S/C15H18ClN3O.ClH/c1-10-14(16)15(19-7-5-17-6-8-19)12-9-11(20-2)3-4-13(12)18-10;/h3-4,9,17H,5-8H2,1-2H3;1H. The average Bonchev–Trinajstić information content (AvgIpc) is 2.49. The van der Waals surface area contributed by atoms with Gasteiger partial charge in [0.25, 0.3) is 0 Å². The Labute approximate surface area is 135 Å². The molecule has 4 nitrogen and oxygen atoms in total. The lowest BCUT2D eigenvalue weighted by Gasteiger charge is -2.31. The fourth-order valence-corrected chi connectivity index (χ4v) is 2.91. The summed E-state index contributed by atoms with van der Waals surface area (Å²) in [6.45, 7) is 5.81. The Hall–Kier alpha value is -1.23. The van der Waals surface area contributed by atoms with Gasteiger partial charge in [0.15, 0.2) is 0 Å². The molecule has 0 spiro atoms. The first-order valence-corrected chi connectivity index (χ1v) is 7.18. The lowest BCUT2D eigenvalue weighted by Crippen LogP contribution is -2.43. The molecule has 0 saturated carbocycles. The molecule has 1 N–H and O–H groups in total. The highest BCUT2D eigenvalue weighted by Gasteiger charge is 2.19. The molecule has 0 atom stereocenters. The number of anilines is 1. The molecule has 6 heteroatoms. The topological polar surface area (TPSA) is 37.4 Å². The number of fused-ring (bicyclic) bond motifs is 1. The van der Waals surface area contributed by atoms with Crippen molar-refractivity contribution in [1.82, 2.24) is 10.3 Å². The second kappa shape index (κ2) is 6.69. The first-order chi connectivity index (χ1) is 9.70. The third kappa shape index (κ3) is 3.03.